The summed E-state index contributed by atoms with van der Waals surface area (Å²) >= 11 is 5.62. The highest BCUT2D eigenvalue weighted by Gasteiger charge is 2.05. The molecule has 0 aliphatic rings. The molecule has 0 radical (unpaired) electrons. The zero-order chi connectivity index (χ0) is 10.1. The lowest BCUT2D eigenvalue weighted by molar-refractivity contribution is -0.143. The highest BCUT2D eigenvalue weighted by Crippen LogP contribution is 2.01. The molecule has 0 saturated carbocycles. The molecule has 13 heavy (non-hydrogen) atoms. The van der Waals surface area contributed by atoms with Crippen LogP contribution in [0.3, 0.4) is 0 Å². The summed E-state index contributed by atoms with van der Waals surface area (Å²) in [4.78, 5) is 11.0. The van der Waals surface area contributed by atoms with Crippen molar-refractivity contribution >= 4 is 17.6 Å². The molecule has 0 saturated heterocycles. The van der Waals surface area contributed by atoms with Crippen molar-refractivity contribution in [2.45, 2.75) is 38.5 Å². The fourth-order valence-corrected chi connectivity index (χ4v) is 0.940. The maximum absolute atomic E-state index is 11.0. The quantitative estimate of drug-likeness (QED) is 0.288. The van der Waals surface area contributed by atoms with Crippen LogP contribution in [-0.4, -0.2) is 18.0 Å². The van der Waals surface area contributed by atoms with Gasteiger partial charge in [0.1, 0.15) is 0 Å². The molecule has 0 fully saturated rings. The summed E-state index contributed by atoms with van der Waals surface area (Å²) in [6.45, 7) is 4.30. The molecule has 0 aromatic rings. The minimum Gasteiger partial charge on any atom is -0.465 e. The molecular weight excluding hydrogens is 188 g/mol. The van der Waals surface area contributed by atoms with E-state index in [9.17, 15) is 4.79 Å². The second-order valence-corrected chi connectivity index (χ2v) is 3.62. The van der Waals surface area contributed by atoms with Crippen molar-refractivity contribution in [1.29, 1.82) is 0 Å². The van der Waals surface area contributed by atoms with Gasteiger partial charge in [0, 0.05) is 5.38 Å². The zero-order valence-electron chi connectivity index (χ0n) is 8.25. The van der Waals surface area contributed by atoms with E-state index in [1.807, 2.05) is 6.08 Å². The summed E-state index contributed by atoms with van der Waals surface area (Å²) in [5.41, 5.74) is 0. The first-order valence-electron chi connectivity index (χ1n) is 4.61. The monoisotopic (exact) mass is 204 g/mol. The molecule has 0 aliphatic carbocycles. The summed E-state index contributed by atoms with van der Waals surface area (Å²) in [5, 5.41) is -0.140. The number of rotatable bonds is 6. The van der Waals surface area contributed by atoms with Crippen molar-refractivity contribution in [3.05, 3.63) is 12.2 Å². The van der Waals surface area contributed by atoms with Gasteiger partial charge < -0.3 is 4.74 Å². The molecule has 0 heterocycles. The highest BCUT2D eigenvalue weighted by atomic mass is 35.5. The van der Waals surface area contributed by atoms with Crippen LogP contribution in [0.4, 0.5) is 0 Å². The number of hydrogen-bond acceptors (Lipinski definition) is 2. The third kappa shape index (κ3) is 9.41. The number of hydrogen-bond donors (Lipinski definition) is 0. The summed E-state index contributed by atoms with van der Waals surface area (Å²) < 4.78 is 4.92. The lowest BCUT2D eigenvalue weighted by Crippen LogP contribution is -2.09. The van der Waals surface area contributed by atoms with Crippen LogP contribution in [0.25, 0.3) is 0 Å². The lowest BCUT2D eigenvalue weighted by Gasteiger charge is -2.03. The molecule has 0 aromatic carbocycles. The van der Waals surface area contributed by atoms with Crippen LogP contribution in [0, 0.1) is 0 Å². The summed E-state index contributed by atoms with van der Waals surface area (Å²) in [5.74, 6) is -0.215. The summed E-state index contributed by atoms with van der Waals surface area (Å²) in [6, 6.07) is 0. The Hall–Kier alpha value is -0.500. The van der Waals surface area contributed by atoms with Crippen LogP contribution in [0.1, 0.15) is 33.1 Å². The number of alkyl halides is 1. The Kier molecular flexibility index (Phi) is 7.80. The largest absolute Gasteiger partial charge is 0.465 e. The smallest absolute Gasteiger partial charge is 0.307 e. The predicted molar refractivity (Wildman–Crippen MR) is 54.9 cm³/mol. The molecular formula is C10H17ClO2. The fraction of sp³-hybridized carbons (Fsp3) is 0.700. The third-order valence-electron chi connectivity index (χ3n) is 1.40. The zero-order valence-corrected chi connectivity index (χ0v) is 9.01. The van der Waals surface area contributed by atoms with Gasteiger partial charge in [-0.3, -0.25) is 4.79 Å². The molecule has 1 atom stereocenters. The van der Waals surface area contributed by atoms with Gasteiger partial charge >= 0.3 is 5.97 Å². The van der Waals surface area contributed by atoms with Crippen molar-refractivity contribution < 1.29 is 9.53 Å². The Labute approximate surface area is 84.9 Å². The summed E-state index contributed by atoms with van der Waals surface area (Å²) in [6.07, 6.45) is 6.16. The molecule has 0 amide bonds. The molecule has 0 aliphatic heterocycles. The molecule has 3 heteroatoms. The number of carbonyl (C=O) groups is 1. The van der Waals surface area contributed by atoms with Gasteiger partial charge in [-0.1, -0.05) is 19.1 Å². The van der Waals surface area contributed by atoms with Gasteiger partial charge in [0.15, 0.2) is 0 Å². The Morgan fingerprint density at radius 2 is 2.23 bits per heavy atom. The molecule has 0 spiro atoms. The highest BCUT2D eigenvalue weighted by molar-refractivity contribution is 6.21. The van der Waals surface area contributed by atoms with E-state index in [1.54, 1.807) is 6.92 Å². The van der Waals surface area contributed by atoms with Crippen molar-refractivity contribution in [2.75, 3.05) is 6.61 Å². The number of esters is 1. The number of carbonyl (C=O) groups excluding carboxylic acids is 1. The second-order valence-electron chi connectivity index (χ2n) is 2.87. The van der Waals surface area contributed by atoms with Gasteiger partial charge in [-0.15, -0.1) is 11.6 Å². The van der Waals surface area contributed by atoms with E-state index in [2.05, 4.69) is 13.0 Å². The van der Waals surface area contributed by atoms with E-state index in [1.165, 1.54) is 0 Å². The van der Waals surface area contributed by atoms with Crippen LogP contribution in [0.5, 0.6) is 0 Å². The molecule has 1 unspecified atom stereocenters. The average molecular weight is 205 g/mol. The molecule has 0 aromatic heterocycles. The molecule has 0 rings (SSSR count). The van der Waals surface area contributed by atoms with Crippen LogP contribution >= 0.6 is 11.6 Å². The van der Waals surface area contributed by atoms with Crippen molar-refractivity contribution in [3.63, 3.8) is 0 Å². The van der Waals surface area contributed by atoms with E-state index in [-0.39, 0.29) is 11.3 Å². The van der Waals surface area contributed by atoms with Gasteiger partial charge in [0.05, 0.1) is 13.0 Å². The predicted octanol–water partition coefficient (Wildman–Crippen LogP) is 2.90. The Morgan fingerprint density at radius 3 is 2.77 bits per heavy atom. The van der Waals surface area contributed by atoms with Gasteiger partial charge in [0.25, 0.3) is 0 Å². The molecule has 76 valence electrons. The van der Waals surface area contributed by atoms with Crippen molar-refractivity contribution in [2.24, 2.45) is 0 Å². The first kappa shape index (κ1) is 12.5. The minimum atomic E-state index is -0.215. The molecule has 0 bridgehead atoms. The first-order valence-corrected chi connectivity index (χ1v) is 5.05. The standard InChI is InChI=1S/C10H17ClO2/c1-3-4-5-6-7-13-10(12)8-9(2)11/h4-5,9H,3,6-8H2,1-2H3/b5-4+. The van der Waals surface area contributed by atoms with Gasteiger partial charge in [-0.05, 0) is 19.8 Å². The van der Waals surface area contributed by atoms with Crippen molar-refractivity contribution in [1.82, 2.24) is 0 Å². The van der Waals surface area contributed by atoms with Gasteiger partial charge in [0.2, 0.25) is 0 Å². The second kappa shape index (κ2) is 8.11. The van der Waals surface area contributed by atoms with E-state index in [0.717, 1.165) is 12.8 Å². The number of ether oxygens (including phenoxy) is 1. The molecule has 0 N–H and O–H groups in total. The number of allylic oxidation sites excluding steroid dienone is 1. The van der Waals surface area contributed by atoms with E-state index in [0.29, 0.717) is 13.0 Å². The number of halogens is 1. The van der Waals surface area contributed by atoms with Gasteiger partial charge in [-0.25, -0.2) is 0 Å². The Bertz CT molecular complexity index is 164. The fourth-order valence-electron chi connectivity index (χ4n) is 0.814. The Morgan fingerprint density at radius 1 is 1.54 bits per heavy atom. The lowest BCUT2D eigenvalue weighted by atomic mass is 10.3. The van der Waals surface area contributed by atoms with Crippen LogP contribution < -0.4 is 0 Å². The van der Waals surface area contributed by atoms with E-state index < -0.39 is 0 Å². The maximum atomic E-state index is 11.0. The van der Waals surface area contributed by atoms with Crippen LogP contribution in [0.15, 0.2) is 12.2 Å². The first-order chi connectivity index (χ1) is 6.16. The van der Waals surface area contributed by atoms with Crippen LogP contribution in [0.2, 0.25) is 0 Å². The average Bonchev–Trinajstić information content (AvgIpc) is 2.02. The normalized spacial score (nSPS) is 13.2. The maximum Gasteiger partial charge on any atom is 0.307 e. The van der Waals surface area contributed by atoms with E-state index >= 15 is 0 Å². The van der Waals surface area contributed by atoms with Crippen molar-refractivity contribution in [3.8, 4) is 0 Å². The third-order valence-corrected chi connectivity index (χ3v) is 1.55. The molecule has 2 nitrogen and oxygen atoms in total. The Balaban J connectivity index is 3.32. The van der Waals surface area contributed by atoms with E-state index in [4.69, 9.17) is 16.3 Å². The topological polar surface area (TPSA) is 26.3 Å². The SMILES string of the molecule is CC/C=C/CCOC(=O)CC(C)Cl. The van der Waals surface area contributed by atoms with Crippen LogP contribution in [-0.2, 0) is 9.53 Å². The minimum absolute atomic E-state index is 0.140. The van der Waals surface area contributed by atoms with Gasteiger partial charge in [-0.2, -0.15) is 0 Å². The summed E-state index contributed by atoms with van der Waals surface area (Å²) in [7, 11) is 0.